The molecule has 0 radical (unpaired) electrons. The highest BCUT2D eigenvalue weighted by Crippen LogP contribution is 2.54. The smallest absolute Gasteiger partial charge is 0.337 e. The highest BCUT2D eigenvalue weighted by molar-refractivity contribution is 8.13. The molecule has 0 spiro atoms. The fourth-order valence-corrected chi connectivity index (χ4v) is 7.71. The number of benzene rings is 3. The highest BCUT2D eigenvalue weighted by atomic mass is 32.2. The average Bonchev–Trinajstić information content (AvgIpc) is 3.67. The molecule has 4 atom stereocenters. The van der Waals surface area contributed by atoms with Crippen molar-refractivity contribution in [1.29, 1.82) is 0 Å². The fraction of sp³-hybridized carbons (Fsp3) is 0.303. The maximum Gasteiger partial charge on any atom is 0.337 e. The minimum absolute atomic E-state index is 0.144. The molecule has 3 aliphatic heterocycles. The number of carbonyl (C=O) groups is 4. The first-order valence-corrected chi connectivity index (χ1v) is 15.0. The number of thioether (sulfide) groups is 1. The Bertz CT molecular complexity index is 1580. The van der Waals surface area contributed by atoms with E-state index < -0.39 is 35.4 Å². The van der Waals surface area contributed by atoms with Crippen LogP contribution in [-0.4, -0.2) is 71.1 Å². The second-order valence-corrected chi connectivity index (χ2v) is 11.8. The number of hydrogen-bond acceptors (Lipinski definition) is 9. The lowest BCUT2D eigenvalue weighted by molar-refractivity contribution is -0.158. The van der Waals surface area contributed by atoms with E-state index in [4.69, 9.17) is 14.5 Å². The first-order chi connectivity index (χ1) is 20.9. The Hall–Kier alpha value is -4.44. The SMILES string of the molecule is COC(=O)c1ccc(CSC2=NC[C@@H]3[C@@H]4C(=O)N(Cc5ccccc5)C(=O)[C@@H]4[C@](Cc4ccccc4)(C(=O)OC)N23)cc1. The molecule has 0 saturated carbocycles. The van der Waals surface area contributed by atoms with E-state index in [1.165, 1.54) is 30.9 Å². The number of carbonyl (C=O) groups excluding carboxylic acids is 4. The van der Waals surface area contributed by atoms with Crippen LogP contribution in [0.4, 0.5) is 0 Å². The Morgan fingerprint density at radius 2 is 1.51 bits per heavy atom. The summed E-state index contributed by atoms with van der Waals surface area (Å²) in [7, 11) is 2.66. The Labute approximate surface area is 253 Å². The van der Waals surface area contributed by atoms with Crippen molar-refractivity contribution >= 4 is 40.7 Å². The van der Waals surface area contributed by atoms with Crippen LogP contribution in [0, 0.1) is 11.8 Å². The molecule has 2 saturated heterocycles. The number of fused-ring (bicyclic) bond motifs is 3. The molecule has 10 heteroatoms. The number of hydrogen-bond donors (Lipinski definition) is 0. The molecule has 2 fully saturated rings. The minimum atomic E-state index is -1.46. The number of aliphatic imine (C=N–C) groups is 1. The first kappa shape index (κ1) is 28.7. The summed E-state index contributed by atoms with van der Waals surface area (Å²) in [6, 6.07) is 25.5. The molecule has 2 amide bonds. The van der Waals surface area contributed by atoms with Gasteiger partial charge in [-0.1, -0.05) is 84.6 Å². The third-order valence-corrected chi connectivity index (χ3v) is 9.60. The van der Waals surface area contributed by atoms with Crippen LogP contribution in [0.3, 0.4) is 0 Å². The average molecular weight is 598 g/mol. The van der Waals surface area contributed by atoms with Gasteiger partial charge in [-0.2, -0.15) is 0 Å². The van der Waals surface area contributed by atoms with Crippen LogP contribution >= 0.6 is 11.8 Å². The van der Waals surface area contributed by atoms with Crippen LogP contribution in [0.2, 0.25) is 0 Å². The summed E-state index contributed by atoms with van der Waals surface area (Å²) in [4.78, 5) is 62.2. The molecule has 3 aromatic carbocycles. The third kappa shape index (κ3) is 4.89. The van der Waals surface area contributed by atoms with Crippen molar-refractivity contribution in [3.8, 4) is 0 Å². The molecule has 43 heavy (non-hydrogen) atoms. The number of ether oxygens (including phenoxy) is 2. The zero-order valence-corrected chi connectivity index (χ0v) is 24.7. The fourth-order valence-electron chi connectivity index (χ4n) is 6.62. The van der Waals surface area contributed by atoms with Crippen molar-refractivity contribution in [2.24, 2.45) is 16.8 Å². The lowest BCUT2D eigenvalue weighted by Crippen LogP contribution is -2.61. The Morgan fingerprint density at radius 3 is 2.14 bits per heavy atom. The molecule has 3 heterocycles. The number of likely N-dealkylation sites (tertiary alicyclic amines) is 1. The van der Waals surface area contributed by atoms with Gasteiger partial charge >= 0.3 is 11.9 Å². The van der Waals surface area contributed by atoms with Crippen molar-refractivity contribution < 1.29 is 28.7 Å². The molecule has 3 aliphatic rings. The summed E-state index contributed by atoms with van der Waals surface area (Å²) >= 11 is 1.43. The molecule has 0 unspecified atom stereocenters. The number of esters is 2. The monoisotopic (exact) mass is 597 g/mol. The molecule has 0 N–H and O–H groups in total. The van der Waals surface area contributed by atoms with E-state index in [0.29, 0.717) is 16.5 Å². The number of amides is 2. The molecule has 0 bridgehead atoms. The highest BCUT2D eigenvalue weighted by Gasteiger charge is 2.73. The minimum Gasteiger partial charge on any atom is -0.467 e. The van der Waals surface area contributed by atoms with Gasteiger partial charge in [-0.25, -0.2) is 9.59 Å². The number of rotatable bonds is 8. The second kappa shape index (κ2) is 11.7. The van der Waals surface area contributed by atoms with Crippen molar-refractivity contribution in [2.45, 2.75) is 30.3 Å². The van der Waals surface area contributed by atoms with Crippen molar-refractivity contribution in [3.63, 3.8) is 0 Å². The van der Waals surface area contributed by atoms with E-state index in [9.17, 15) is 19.2 Å². The molecular formula is C33H31N3O6S. The topological polar surface area (TPSA) is 106 Å². The molecule has 0 aromatic heterocycles. The van der Waals surface area contributed by atoms with Crippen LogP contribution in [0.1, 0.15) is 27.0 Å². The van der Waals surface area contributed by atoms with Crippen LogP contribution in [0.15, 0.2) is 89.9 Å². The molecule has 9 nitrogen and oxygen atoms in total. The normalized spacial score (nSPS) is 24.0. The van der Waals surface area contributed by atoms with Crippen LogP contribution in [0.5, 0.6) is 0 Å². The van der Waals surface area contributed by atoms with Crippen molar-refractivity contribution in [3.05, 3.63) is 107 Å². The predicted octanol–water partition coefficient (Wildman–Crippen LogP) is 3.72. The van der Waals surface area contributed by atoms with Gasteiger partial charge in [-0.3, -0.25) is 19.5 Å². The number of nitrogens with zero attached hydrogens (tertiary/aromatic N) is 3. The zero-order chi connectivity index (χ0) is 30.1. The maximum atomic E-state index is 14.2. The van der Waals surface area contributed by atoms with E-state index in [0.717, 1.165) is 16.7 Å². The predicted molar refractivity (Wildman–Crippen MR) is 161 cm³/mol. The summed E-state index contributed by atoms with van der Waals surface area (Å²) in [6.45, 7) is 0.432. The summed E-state index contributed by atoms with van der Waals surface area (Å²) in [5, 5.41) is 0.591. The largest absolute Gasteiger partial charge is 0.467 e. The van der Waals surface area contributed by atoms with Crippen LogP contribution in [0.25, 0.3) is 0 Å². The lowest BCUT2D eigenvalue weighted by atomic mass is 9.76. The summed E-state index contributed by atoms with van der Waals surface area (Å²) < 4.78 is 10.2. The summed E-state index contributed by atoms with van der Waals surface area (Å²) in [5.74, 6) is -2.78. The van der Waals surface area contributed by atoms with Gasteiger partial charge in [0.05, 0.1) is 50.8 Å². The van der Waals surface area contributed by atoms with E-state index >= 15 is 0 Å². The Kier molecular flexibility index (Phi) is 7.79. The van der Waals surface area contributed by atoms with Crippen LogP contribution < -0.4 is 0 Å². The van der Waals surface area contributed by atoms with Crippen molar-refractivity contribution in [1.82, 2.24) is 9.80 Å². The number of imide groups is 1. The maximum absolute atomic E-state index is 14.2. The van der Waals surface area contributed by atoms with E-state index in [1.807, 2.05) is 77.7 Å². The standard InChI is InChI=1S/C33H31N3O6S/c1-41-30(39)24-15-13-23(14-16-24)20-43-32-34-18-25-26-27(29(38)35(28(26)37)19-22-11-7-4-8-12-22)33(36(25)32,31(40)42-2)17-21-9-5-3-6-10-21/h3-16,25-27H,17-20H2,1-2H3/t25-,26+,27-,33-/m1/s1. The molecule has 6 rings (SSSR count). The number of amidine groups is 1. The van der Waals surface area contributed by atoms with Gasteiger partial charge in [-0.15, -0.1) is 0 Å². The summed E-state index contributed by atoms with van der Waals surface area (Å²) in [5.41, 5.74) is 1.62. The van der Waals surface area contributed by atoms with Gasteiger partial charge in [0, 0.05) is 12.2 Å². The lowest BCUT2D eigenvalue weighted by Gasteiger charge is -2.40. The van der Waals surface area contributed by atoms with Gasteiger partial charge in [0.25, 0.3) is 0 Å². The van der Waals surface area contributed by atoms with Gasteiger partial charge in [0.1, 0.15) is 0 Å². The molecule has 0 aliphatic carbocycles. The Balaban J connectivity index is 1.36. The van der Waals surface area contributed by atoms with Crippen molar-refractivity contribution in [2.75, 3.05) is 20.8 Å². The molecule has 220 valence electrons. The van der Waals surface area contributed by atoms with E-state index in [-0.39, 0.29) is 31.3 Å². The van der Waals surface area contributed by atoms with Gasteiger partial charge < -0.3 is 14.4 Å². The zero-order valence-electron chi connectivity index (χ0n) is 23.8. The Morgan fingerprint density at radius 1 is 0.860 bits per heavy atom. The van der Waals surface area contributed by atoms with Gasteiger partial charge in [0.15, 0.2) is 10.7 Å². The second-order valence-electron chi connectivity index (χ2n) is 10.9. The molecular weight excluding hydrogens is 566 g/mol. The molecule has 3 aromatic rings. The summed E-state index contributed by atoms with van der Waals surface area (Å²) in [6.07, 6.45) is 0.184. The van der Waals surface area contributed by atoms with E-state index in [2.05, 4.69) is 0 Å². The third-order valence-electron chi connectivity index (χ3n) is 8.53. The first-order valence-electron chi connectivity index (χ1n) is 14.0. The van der Waals surface area contributed by atoms with Gasteiger partial charge in [-0.05, 0) is 28.8 Å². The number of methoxy groups -OCH3 is 2. The van der Waals surface area contributed by atoms with Crippen LogP contribution in [-0.2, 0) is 42.6 Å². The quantitative estimate of drug-likeness (QED) is 0.286. The van der Waals surface area contributed by atoms with Gasteiger partial charge in [0.2, 0.25) is 11.8 Å². The van der Waals surface area contributed by atoms with E-state index in [1.54, 1.807) is 12.1 Å².